The molecule has 1 atom stereocenters. The van der Waals surface area contributed by atoms with Gasteiger partial charge in [0.25, 0.3) is 0 Å². The molecule has 0 aromatic heterocycles. The zero-order valence-electron chi connectivity index (χ0n) is 14.7. The van der Waals surface area contributed by atoms with Crippen LogP contribution >= 0.6 is 12.4 Å². The summed E-state index contributed by atoms with van der Waals surface area (Å²) in [6.07, 6.45) is 5.19. The fourth-order valence-electron chi connectivity index (χ4n) is 3.05. The SMILES string of the molecule is Cc1ccc(C(CNC(=O)C(C)C)N2CCCCCC2)cc1.Cl. The van der Waals surface area contributed by atoms with Crippen LogP contribution in [0.2, 0.25) is 0 Å². The van der Waals surface area contributed by atoms with E-state index in [0.29, 0.717) is 12.6 Å². The molecule has 1 unspecified atom stereocenters. The number of hydrogen-bond donors (Lipinski definition) is 1. The van der Waals surface area contributed by atoms with Gasteiger partial charge in [0.05, 0.1) is 6.04 Å². The quantitative estimate of drug-likeness (QED) is 0.876. The fourth-order valence-corrected chi connectivity index (χ4v) is 3.05. The van der Waals surface area contributed by atoms with Gasteiger partial charge < -0.3 is 5.32 Å². The number of benzene rings is 1. The van der Waals surface area contributed by atoms with E-state index in [1.54, 1.807) is 0 Å². The molecule has 1 aliphatic rings. The van der Waals surface area contributed by atoms with Crippen molar-refractivity contribution in [1.29, 1.82) is 0 Å². The van der Waals surface area contributed by atoms with Crippen LogP contribution in [-0.2, 0) is 4.79 Å². The molecule has 1 aromatic rings. The Hall–Kier alpha value is -1.06. The minimum atomic E-state index is 0. The first kappa shape index (κ1) is 20.0. The van der Waals surface area contributed by atoms with E-state index in [0.717, 1.165) is 13.1 Å². The number of amides is 1. The maximum absolute atomic E-state index is 12.0. The number of carbonyl (C=O) groups excluding carboxylic acids is 1. The topological polar surface area (TPSA) is 32.3 Å². The third-order valence-electron chi connectivity index (χ3n) is 4.54. The average molecular weight is 339 g/mol. The van der Waals surface area contributed by atoms with E-state index in [9.17, 15) is 4.79 Å². The van der Waals surface area contributed by atoms with Gasteiger partial charge in [-0.15, -0.1) is 12.4 Å². The van der Waals surface area contributed by atoms with Gasteiger partial charge in [0.15, 0.2) is 0 Å². The first-order chi connectivity index (χ1) is 10.6. The number of likely N-dealkylation sites (tertiary alicyclic amines) is 1. The van der Waals surface area contributed by atoms with Gasteiger partial charge in [0, 0.05) is 12.5 Å². The van der Waals surface area contributed by atoms with E-state index < -0.39 is 0 Å². The second-order valence-electron chi connectivity index (χ2n) is 6.78. The van der Waals surface area contributed by atoms with Crippen LogP contribution in [0.25, 0.3) is 0 Å². The van der Waals surface area contributed by atoms with Gasteiger partial charge in [0.2, 0.25) is 5.91 Å². The van der Waals surface area contributed by atoms with Crippen LogP contribution in [0.4, 0.5) is 0 Å². The molecule has 0 bridgehead atoms. The summed E-state index contributed by atoms with van der Waals surface area (Å²) in [5.41, 5.74) is 2.60. The van der Waals surface area contributed by atoms with Crippen LogP contribution in [-0.4, -0.2) is 30.4 Å². The second-order valence-corrected chi connectivity index (χ2v) is 6.78. The molecule has 23 heavy (non-hydrogen) atoms. The van der Waals surface area contributed by atoms with Gasteiger partial charge in [0.1, 0.15) is 0 Å². The Balaban J connectivity index is 0.00000264. The summed E-state index contributed by atoms with van der Waals surface area (Å²) >= 11 is 0. The van der Waals surface area contributed by atoms with E-state index in [-0.39, 0.29) is 24.2 Å². The molecule has 0 saturated carbocycles. The van der Waals surface area contributed by atoms with Gasteiger partial charge >= 0.3 is 0 Å². The molecular formula is C19H31ClN2O. The summed E-state index contributed by atoms with van der Waals surface area (Å²) in [5, 5.41) is 3.13. The molecule has 0 radical (unpaired) electrons. The monoisotopic (exact) mass is 338 g/mol. The van der Waals surface area contributed by atoms with Crippen molar-refractivity contribution in [2.45, 2.75) is 52.5 Å². The number of halogens is 1. The van der Waals surface area contributed by atoms with Crippen molar-refractivity contribution >= 4 is 18.3 Å². The lowest BCUT2D eigenvalue weighted by Gasteiger charge is -2.31. The molecule has 0 spiro atoms. The molecule has 130 valence electrons. The average Bonchev–Trinajstić information content (AvgIpc) is 2.78. The molecule has 1 amide bonds. The Kier molecular flexibility index (Phi) is 8.64. The molecule has 4 heteroatoms. The Morgan fingerprint density at radius 3 is 2.17 bits per heavy atom. The summed E-state index contributed by atoms with van der Waals surface area (Å²) in [6.45, 7) is 8.99. The van der Waals surface area contributed by atoms with Gasteiger partial charge in [-0.3, -0.25) is 9.69 Å². The van der Waals surface area contributed by atoms with Crippen molar-refractivity contribution in [3.63, 3.8) is 0 Å². The lowest BCUT2D eigenvalue weighted by atomic mass is 10.0. The van der Waals surface area contributed by atoms with E-state index in [2.05, 4.69) is 41.4 Å². The third-order valence-corrected chi connectivity index (χ3v) is 4.54. The number of nitrogens with one attached hydrogen (secondary N) is 1. The Bertz CT molecular complexity index is 465. The molecule has 1 aromatic carbocycles. The van der Waals surface area contributed by atoms with E-state index >= 15 is 0 Å². The number of carbonyl (C=O) groups is 1. The summed E-state index contributed by atoms with van der Waals surface area (Å²) in [5.74, 6) is 0.190. The lowest BCUT2D eigenvalue weighted by Crippen LogP contribution is -2.39. The van der Waals surface area contributed by atoms with Gasteiger partial charge in [-0.1, -0.05) is 56.5 Å². The number of hydrogen-bond acceptors (Lipinski definition) is 2. The third kappa shape index (κ3) is 6.15. The van der Waals surface area contributed by atoms with Crippen molar-refractivity contribution in [1.82, 2.24) is 10.2 Å². The summed E-state index contributed by atoms with van der Waals surface area (Å²) in [6, 6.07) is 9.06. The number of rotatable bonds is 5. The standard InChI is InChI=1S/C19H30N2O.ClH/c1-15(2)19(22)20-14-18(17-10-8-16(3)9-11-17)21-12-6-4-5-7-13-21;/h8-11,15,18H,4-7,12-14H2,1-3H3,(H,20,22);1H. The Morgan fingerprint density at radius 2 is 1.65 bits per heavy atom. The number of aryl methyl sites for hydroxylation is 1. The zero-order valence-corrected chi connectivity index (χ0v) is 15.5. The van der Waals surface area contributed by atoms with E-state index in [1.165, 1.54) is 36.8 Å². The first-order valence-electron chi connectivity index (χ1n) is 8.66. The normalized spacial score (nSPS) is 17.2. The van der Waals surface area contributed by atoms with Crippen molar-refractivity contribution in [3.8, 4) is 0 Å². The zero-order chi connectivity index (χ0) is 15.9. The van der Waals surface area contributed by atoms with E-state index in [1.807, 2.05) is 13.8 Å². The van der Waals surface area contributed by atoms with Crippen molar-refractivity contribution in [2.75, 3.05) is 19.6 Å². The van der Waals surface area contributed by atoms with Crippen LogP contribution in [0.1, 0.15) is 56.7 Å². The highest BCUT2D eigenvalue weighted by Crippen LogP contribution is 2.24. The van der Waals surface area contributed by atoms with Gasteiger partial charge in [-0.05, 0) is 38.4 Å². The van der Waals surface area contributed by atoms with Crippen molar-refractivity contribution in [2.24, 2.45) is 5.92 Å². The maximum atomic E-state index is 12.0. The van der Waals surface area contributed by atoms with Gasteiger partial charge in [-0.2, -0.15) is 0 Å². The fraction of sp³-hybridized carbons (Fsp3) is 0.632. The van der Waals surface area contributed by atoms with Crippen LogP contribution in [0.3, 0.4) is 0 Å². The minimum Gasteiger partial charge on any atom is -0.354 e. The van der Waals surface area contributed by atoms with Crippen LogP contribution in [0.5, 0.6) is 0 Å². The molecular weight excluding hydrogens is 308 g/mol. The summed E-state index contributed by atoms with van der Waals surface area (Å²) in [7, 11) is 0. The highest BCUT2D eigenvalue weighted by Gasteiger charge is 2.22. The Labute approximate surface area is 147 Å². The maximum Gasteiger partial charge on any atom is 0.222 e. The number of nitrogens with zero attached hydrogens (tertiary/aromatic N) is 1. The summed E-state index contributed by atoms with van der Waals surface area (Å²) < 4.78 is 0. The molecule has 1 heterocycles. The predicted octanol–water partition coefficient (Wildman–Crippen LogP) is 4.11. The molecule has 1 aliphatic heterocycles. The second kappa shape index (κ2) is 9.94. The predicted molar refractivity (Wildman–Crippen MR) is 99.1 cm³/mol. The Morgan fingerprint density at radius 1 is 1.09 bits per heavy atom. The molecule has 1 saturated heterocycles. The molecule has 0 aliphatic carbocycles. The van der Waals surface area contributed by atoms with Gasteiger partial charge in [-0.25, -0.2) is 0 Å². The first-order valence-corrected chi connectivity index (χ1v) is 8.66. The minimum absolute atomic E-state index is 0. The molecule has 2 rings (SSSR count). The lowest BCUT2D eigenvalue weighted by molar-refractivity contribution is -0.124. The van der Waals surface area contributed by atoms with E-state index in [4.69, 9.17) is 0 Å². The molecule has 1 N–H and O–H groups in total. The largest absolute Gasteiger partial charge is 0.354 e. The highest BCUT2D eigenvalue weighted by atomic mass is 35.5. The van der Waals surface area contributed by atoms with Crippen LogP contribution in [0.15, 0.2) is 24.3 Å². The molecule has 3 nitrogen and oxygen atoms in total. The highest BCUT2D eigenvalue weighted by molar-refractivity contribution is 5.85. The van der Waals surface area contributed by atoms with Crippen molar-refractivity contribution < 1.29 is 4.79 Å². The molecule has 1 fully saturated rings. The van der Waals surface area contributed by atoms with Crippen LogP contribution in [0, 0.1) is 12.8 Å². The van der Waals surface area contributed by atoms with Crippen LogP contribution < -0.4 is 5.32 Å². The summed E-state index contributed by atoms with van der Waals surface area (Å²) in [4.78, 5) is 14.5. The smallest absolute Gasteiger partial charge is 0.222 e. The van der Waals surface area contributed by atoms with Crippen molar-refractivity contribution in [3.05, 3.63) is 35.4 Å².